The van der Waals surface area contributed by atoms with Gasteiger partial charge >= 0.3 is 0 Å². The number of thiophene rings is 1. The van der Waals surface area contributed by atoms with E-state index in [9.17, 15) is 9.18 Å². The van der Waals surface area contributed by atoms with Gasteiger partial charge in [0, 0.05) is 5.56 Å². The summed E-state index contributed by atoms with van der Waals surface area (Å²) < 4.78 is 13.8. The molecule has 1 amide bonds. The van der Waals surface area contributed by atoms with Crippen LogP contribution in [0.2, 0.25) is 0 Å². The molecule has 1 atom stereocenters. The van der Waals surface area contributed by atoms with E-state index in [1.807, 2.05) is 23.8 Å². The average molecular weight is 302 g/mol. The average Bonchev–Trinajstić information content (AvgIpc) is 3.00. The summed E-state index contributed by atoms with van der Waals surface area (Å²) in [5, 5.41) is 6.75. The minimum atomic E-state index is -0.521. The Hall–Kier alpha value is -2.16. The molecule has 1 heterocycles. The zero-order chi connectivity index (χ0) is 15.2. The molecule has 1 aromatic carbocycles. The molecule has 0 aliphatic carbocycles. The van der Waals surface area contributed by atoms with E-state index >= 15 is 0 Å². The number of benzene rings is 1. The lowest BCUT2D eigenvalue weighted by Crippen LogP contribution is -2.26. The Labute approximate surface area is 127 Å². The predicted octanol–water partition coefficient (Wildman–Crippen LogP) is 2.69. The first-order chi connectivity index (χ1) is 10.1. The summed E-state index contributed by atoms with van der Waals surface area (Å²) in [5.41, 5.74) is 6.78. The second-order valence-corrected chi connectivity index (χ2v) is 5.23. The largest absolute Gasteiger partial charge is 0.345 e. The van der Waals surface area contributed by atoms with E-state index in [1.54, 1.807) is 17.4 Å². The van der Waals surface area contributed by atoms with Crippen LogP contribution in [0.5, 0.6) is 0 Å². The standard InChI is InChI=1S/C16H15FN2OS/c1-11(14-6-8-21-10-14)19-16(20)13-5-4-12(3-2-7-18)15(17)9-13/h4-6,8-11H,7,18H2,1H3,(H,19,20). The molecule has 21 heavy (non-hydrogen) atoms. The fraction of sp³-hybridized carbons (Fsp3) is 0.188. The zero-order valence-electron chi connectivity index (χ0n) is 11.5. The van der Waals surface area contributed by atoms with Crippen molar-refractivity contribution < 1.29 is 9.18 Å². The highest BCUT2D eigenvalue weighted by Crippen LogP contribution is 2.17. The predicted molar refractivity (Wildman–Crippen MR) is 82.5 cm³/mol. The highest BCUT2D eigenvalue weighted by Gasteiger charge is 2.13. The summed E-state index contributed by atoms with van der Waals surface area (Å²) in [4.78, 5) is 12.1. The first-order valence-corrected chi connectivity index (χ1v) is 7.37. The molecule has 0 bridgehead atoms. The topological polar surface area (TPSA) is 55.1 Å². The van der Waals surface area contributed by atoms with Crippen molar-refractivity contribution in [3.05, 3.63) is 57.5 Å². The van der Waals surface area contributed by atoms with Crippen molar-refractivity contribution in [2.75, 3.05) is 6.54 Å². The summed E-state index contributed by atoms with van der Waals surface area (Å²) in [6, 6.07) is 6.06. The maximum atomic E-state index is 13.8. The molecule has 5 heteroatoms. The molecule has 0 spiro atoms. The number of hydrogen-bond acceptors (Lipinski definition) is 3. The number of carbonyl (C=O) groups is 1. The van der Waals surface area contributed by atoms with Crippen molar-refractivity contribution in [2.24, 2.45) is 5.73 Å². The quantitative estimate of drug-likeness (QED) is 0.857. The Morgan fingerprint density at radius 2 is 2.29 bits per heavy atom. The van der Waals surface area contributed by atoms with Crippen molar-refractivity contribution in [2.45, 2.75) is 13.0 Å². The first kappa shape index (κ1) is 15.2. The van der Waals surface area contributed by atoms with Gasteiger partial charge in [-0.05, 0) is 47.5 Å². The maximum absolute atomic E-state index is 13.8. The summed E-state index contributed by atoms with van der Waals surface area (Å²) in [6.45, 7) is 2.05. The van der Waals surface area contributed by atoms with Gasteiger partial charge in [0.15, 0.2) is 0 Å². The molecule has 2 aromatic rings. The minimum absolute atomic E-state index is 0.122. The van der Waals surface area contributed by atoms with Crippen molar-refractivity contribution in [3.63, 3.8) is 0 Å². The summed E-state index contributed by atoms with van der Waals surface area (Å²) >= 11 is 1.57. The Morgan fingerprint density at radius 1 is 1.48 bits per heavy atom. The fourth-order valence-electron chi connectivity index (χ4n) is 1.79. The van der Waals surface area contributed by atoms with Crippen molar-refractivity contribution >= 4 is 17.2 Å². The monoisotopic (exact) mass is 302 g/mol. The van der Waals surface area contributed by atoms with E-state index in [0.29, 0.717) is 0 Å². The van der Waals surface area contributed by atoms with Crippen LogP contribution in [0, 0.1) is 17.7 Å². The number of hydrogen-bond donors (Lipinski definition) is 2. The van der Waals surface area contributed by atoms with Gasteiger partial charge in [-0.25, -0.2) is 4.39 Å². The number of amides is 1. The molecular formula is C16H15FN2OS. The van der Waals surface area contributed by atoms with Gasteiger partial charge < -0.3 is 11.1 Å². The normalized spacial score (nSPS) is 11.4. The van der Waals surface area contributed by atoms with Gasteiger partial charge in [-0.1, -0.05) is 11.8 Å². The second-order valence-electron chi connectivity index (χ2n) is 4.45. The van der Waals surface area contributed by atoms with Gasteiger partial charge in [0.1, 0.15) is 5.82 Å². The van der Waals surface area contributed by atoms with E-state index in [0.717, 1.165) is 5.56 Å². The van der Waals surface area contributed by atoms with Crippen molar-refractivity contribution in [3.8, 4) is 11.8 Å². The molecule has 3 N–H and O–H groups in total. The smallest absolute Gasteiger partial charge is 0.251 e. The molecule has 2 rings (SSSR count). The lowest BCUT2D eigenvalue weighted by atomic mass is 10.1. The second kappa shape index (κ2) is 7.02. The van der Waals surface area contributed by atoms with E-state index in [2.05, 4.69) is 17.2 Å². The summed E-state index contributed by atoms with van der Waals surface area (Å²) in [5.74, 6) is 4.37. The third-order valence-corrected chi connectivity index (χ3v) is 3.65. The van der Waals surface area contributed by atoms with Gasteiger partial charge in [0.05, 0.1) is 18.2 Å². The van der Waals surface area contributed by atoms with Gasteiger partial charge in [-0.3, -0.25) is 4.79 Å². The Bertz CT molecular complexity index is 686. The lowest BCUT2D eigenvalue weighted by molar-refractivity contribution is 0.0939. The number of nitrogens with one attached hydrogen (secondary N) is 1. The van der Waals surface area contributed by atoms with Crippen LogP contribution in [0.25, 0.3) is 0 Å². The summed E-state index contributed by atoms with van der Waals surface area (Å²) in [7, 11) is 0. The first-order valence-electron chi connectivity index (χ1n) is 6.43. The van der Waals surface area contributed by atoms with Crippen molar-refractivity contribution in [1.29, 1.82) is 0 Å². The van der Waals surface area contributed by atoms with Gasteiger partial charge in [0.25, 0.3) is 5.91 Å². The molecule has 0 fully saturated rings. The lowest BCUT2D eigenvalue weighted by Gasteiger charge is -2.12. The molecule has 0 aliphatic heterocycles. The van der Waals surface area contributed by atoms with Crippen LogP contribution >= 0.6 is 11.3 Å². The molecule has 0 radical (unpaired) electrons. The van der Waals surface area contributed by atoms with Gasteiger partial charge in [0.2, 0.25) is 0 Å². The maximum Gasteiger partial charge on any atom is 0.251 e. The van der Waals surface area contributed by atoms with Crippen LogP contribution in [-0.4, -0.2) is 12.5 Å². The number of rotatable bonds is 3. The minimum Gasteiger partial charge on any atom is -0.345 e. The van der Waals surface area contributed by atoms with Crippen LogP contribution in [-0.2, 0) is 0 Å². The van der Waals surface area contributed by atoms with Crippen LogP contribution in [0.1, 0.15) is 34.5 Å². The molecule has 0 saturated carbocycles. The molecule has 0 aliphatic rings. The Morgan fingerprint density at radius 3 is 2.90 bits per heavy atom. The van der Waals surface area contributed by atoms with Crippen molar-refractivity contribution in [1.82, 2.24) is 5.32 Å². The molecular weight excluding hydrogens is 287 g/mol. The Balaban J connectivity index is 2.11. The number of carbonyl (C=O) groups excluding carboxylic acids is 1. The van der Waals surface area contributed by atoms with Gasteiger partial charge in [-0.2, -0.15) is 11.3 Å². The van der Waals surface area contributed by atoms with Crippen LogP contribution in [0.3, 0.4) is 0 Å². The molecule has 3 nitrogen and oxygen atoms in total. The van der Waals surface area contributed by atoms with E-state index < -0.39 is 5.82 Å². The summed E-state index contributed by atoms with van der Waals surface area (Å²) in [6.07, 6.45) is 0. The zero-order valence-corrected chi connectivity index (χ0v) is 12.3. The highest BCUT2D eigenvalue weighted by molar-refractivity contribution is 7.07. The molecule has 108 valence electrons. The highest BCUT2D eigenvalue weighted by atomic mass is 32.1. The van der Waals surface area contributed by atoms with E-state index in [1.165, 1.54) is 12.1 Å². The molecule has 1 unspecified atom stereocenters. The molecule has 0 saturated heterocycles. The van der Waals surface area contributed by atoms with Gasteiger partial charge in [-0.15, -0.1) is 0 Å². The Kier molecular flexibility index (Phi) is 5.09. The number of halogens is 1. The fourth-order valence-corrected chi connectivity index (χ4v) is 2.54. The SMILES string of the molecule is CC(NC(=O)c1ccc(C#CCN)c(F)c1)c1ccsc1. The van der Waals surface area contributed by atoms with Crippen LogP contribution in [0.15, 0.2) is 35.0 Å². The third kappa shape index (κ3) is 3.91. The third-order valence-electron chi connectivity index (χ3n) is 2.95. The number of nitrogens with two attached hydrogens (primary N) is 1. The van der Waals surface area contributed by atoms with E-state index in [-0.39, 0.29) is 29.6 Å². The van der Waals surface area contributed by atoms with Crippen LogP contribution < -0.4 is 11.1 Å². The van der Waals surface area contributed by atoms with E-state index in [4.69, 9.17) is 5.73 Å². The molecule has 1 aromatic heterocycles. The van der Waals surface area contributed by atoms with Crippen LogP contribution in [0.4, 0.5) is 4.39 Å².